The highest BCUT2D eigenvalue weighted by atomic mass is 31.2. The van der Waals surface area contributed by atoms with E-state index in [2.05, 4.69) is 5.09 Å². The van der Waals surface area contributed by atoms with Crippen molar-refractivity contribution in [1.29, 1.82) is 0 Å². The summed E-state index contributed by atoms with van der Waals surface area (Å²) >= 11 is 0. The second-order valence-electron chi connectivity index (χ2n) is 4.66. The highest BCUT2D eigenvalue weighted by Gasteiger charge is 2.29. The lowest BCUT2D eigenvalue weighted by Gasteiger charge is -2.21. The Morgan fingerprint density at radius 1 is 1.00 bits per heavy atom. The van der Waals surface area contributed by atoms with Crippen LogP contribution in [0.15, 0.2) is 84.7 Å². The van der Waals surface area contributed by atoms with Crippen molar-refractivity contribution in [2.75, 3.05) is 5.09 Å². The SMILES string of the molecule is C/C=C\C(=C/C)OP(=O)(Nc1ccccc1)Oc1ccccc1. The average Bonchev–Trinajstić information content (AvgIpc) is 2.56. The summed E-state index contributed by atoms with van der Waals surface area (Å²) in [5.74, 6) is 0.936. The molecule has 4 nitrogen and oxygen atoms in total. The molecular weight excluding hydrogens is 309 g/mol. The molecular formula is C18H20NO3P. The summed E-state index contributed by atoms with van der Waals surface area (Å²) in [4.78, 5) is 0. The first-order valence-electron chi connectivity index (χ1n) is 7.32. The molecule has 1 unspecified atom stereocenters. The number of anilines is 1. The second kappa shape index (κ2) is 8.25. The van der Waals surface area contributed by atoms with Gasteiger partial charge in [0.2, 0.25) is 0 Å². The van der Waals surface area contributed by atoms with Crippen LogP contribution in [0, 0.1) is 0 Å². The summed E-state index contributed by atoms with van der Waals surface area (Å²) in [6.07, 6.45) is 5.27. The van der Waals surface area contributed by atoms with Crippen LogP contribution in [-0.4, -0.2) is 0 Å². The zero-order valence-electron chi connectivity index (χ0n) is 13.2. The summed E-state index contributed by atoms with van der Waals surface area (Å²) < 4.78 is 24.4. The van der Waals surface area contributed by atoms with Crippen molar-refractivity contribution < 1.29 is 13.6 Å². The van der Waals surface area contributed by atoms with Crippen LogP contribution in [0.3, 0.4) is 0 Å². The number of nitrogens with one attached hydrogen (secondary N) is 1. The molecule has 1 atom stereocenters. The van der Waals surface area contributed by atoms with E-state index in [1.807, 2.05) is 56.3 Å². The molecule has 2 aromatic rings. The van der Waals surface area contributed by atoms with Gasteiger partial charge in [0.15, 0.2) is 0 Å². The maximum atomic E-state index is 13.2. The number of hydrogen-bond acceptors (Lipinski definition) is 3. The number of rotatable bonds is 7. The summed E-state index contributed by atoms with van der Waals surface area (Å²) in [6, 6.07) is 18.1. The molecule has 0 heterocycles. The lowest BCUT2D eigenvalue weighted by atomic mass is 10.3. The van der Waals surface area contributed by atoms with E-state index in [0.29, 0.717) is 17.2 Å². The van der Waals surface area contributed by atoms with Gasteiger partial charge in [-0.2, -0.15) is 0 Å². The van der Waals surface area contributed by atoms with Crippen LogP contribution in [0.4, 0.5) is 5.69 Å². The molecule has 0 saturated heterocycles. The van der Waals surface area contributed by atoms with Crippen molar-refractivity contribution >= 4 is 13.4 Å². The van der Waals surface area contributed by atoms with E-state index < -0.39 is 7.75 Å². The molecule has 2 rings (SSSR count). The zero-order valence-corrected chi connectivity index (χ0v) is 14.1. The molecule has 0 bridgehead atoms. The molecule has 2 aromatic carbocycles. The Bertz CT molecular complexity index is 666. The van der Waals surface area contributed by atoms with E-state index in [-0.39, 0.29) is 0 Å². The lowest BCUT2D eigenvalue weighted by Crippen LogP contribution is -2.07. The minimum atomic E-state index is -3.64. The largest absolute Gasteiger partial charge is 0.541 e. The fourth-order valence-corrected chi connectivity index (χ4v) is 3.27. The molecule has 1 N–H and O–H groups in total. The van der Waals surface area contributed by atoms with E-state index in [9.17, 15) is 4.57 Å². The zero-order chi connectivity index (χ0) is 16.5. The predicted molar refractivity (Wildman–Crippen MR) is 94.4 cm³/mol. The van der Waals surface area contributed by atoms with Gasteiger partial charge in [0, 0.05) is 5.69 Å². The van der Waals surface area contributed by atoms with Gasteiger partial charge in [-0.1, -0.05) is 42.5 Å². The standard InChI is InChI=1S/C18H20NO3P/c1-3-11-17(4-2)21-23(20,19-16-12-7-5-8-13-16)22-18-14-9-6-10-15-18/h3-15H,1-2H3,(H,19,20)/b11-3-,17-4+. The topological polar surface area (TPSA) is 47.6 Å². The first-order valence-corrected chi connectivity index (χ1v) is 8.86. The molecule has 0 fully saturated rings. The van der Waals surface area contributed by atoms with Gasteiger partial charge < -0.3 is 9.05 Å². The first-order chi connectivity index (χ1) is 11.1. The van der Waals surface area contributed by atoms with E-state index >= 15 is 0 Å². The average molecular weight is 329 g/mol. The molecule has 120 valence electrons. The van der Waals surface area contributed by atoms with Crippen molar-refractivity contribution in [2.24, 2.45) is 0 Å². The number of benzene rings is 2. The summed E-state index contributed by atoms with van der Waals surface area (Å²) in [6.45, 7) is 3.67. The highest BCUT2D eigenvalue weighted by molar-refractivity contribution is 7.56. The normalized spacial score (nSPS) is 14.3. The molecule has 0 spiro atoms. The quantitative estimate of drug-likeness (QED) is 0.397. The summed E-state index contributed by atoms with van der Waals surface area (Å²) in [5, 5.41) is 2.86. The third kappa shape index (κ3) is 5.35. The Morgan fingerprint density at radius 2 is 1.61 bits per heavy atom. The Labute approximate surface area is 137 Å². The number of allylic oxidation sites excluding steroid dienone is 3. The van der Waals surface area contributed by atoms with Gasteiger partial charge >= 0.3 is 7.75 Å². The molecule has 5 heteroatoms. The van der Waals surface area contributed by atoms with Gasteiger partial charge in [0.25, 0.3) is 0 Å². The van der Waals surface area contributed by atoms with Gasteiger partial charge in [-0.25, -0.2) is 4.57 Å². The Hall–Kier alpha value is -2.45. The molecule has 0 saturated carbocycles. The van der Waals surface area contributed by atoms with Crippen molar-refractivity contribution in [3.05, 3.63) is 84.7 Å². The maximum Gasteiger partial charge on any atom is 0.541 e. The second-order valence-corrected chi connectivity index (χ2v) is 6.25. The van der Waals surface area contributed by atoms with Crippen LogP contribution >= 0.6 is 7.75 Å². The van der Waals surface area contributed by atoms with Crippen molar-refractivity contribution in [1.82, 2.24) is 0 Å². The van der Waals surface area contributed by atoms with Gasteiger partial charge in [-0.3, -0.25) is 5.09 Å². The van der Waals surface area contributed by atoms with E-state index in [0.717, 1.165) is 0 Å². The van der Waals surface area contributed by atoms with Crippen molar-refractivity contribution in [3.8, 4) is 5.75 Å². The fourth-order valence-electron chi connectivity index (χ4n) is 1.84. The Kier molecular flexibility index (Phi) is 6.07. The van der Waals surface area contributed by atoms with E-state index in [1.165, 1.54) is 0 Å². The summed E-state index contributed by atoms with van der Waals surface area (Å²) in [7, 11) is -3.64. The van der Waals surface area contributed by atoms with Gasteiger partial charge in [0.1, 0.15) is 11.5 Å². The Morgan fingerprint density at radius 3 is 2.17 bits per heavy atom. The van der Waals surface area contributed by atoms with Crippen molar-refractivity contribution in [3.63, 3.8) is 0 Å². The van der Waals surface area contributed by atoms with E-state index in [1.54, 1.807) is 36.4 Å². The smallest absolute Gasteiger partial charge is 0.401 e. The van der Waals surface area contributed by atoms with Crippen LogP contribution in [0.5, 0.6) is 5.75 Å². The van der Waals surface area contributed by atoms with Gasteiger partial charge in [0.05, 0.1) is 0 Å². The van der Waals surface area contributed by atoms with Crippen LogP contribution < -0.4 is 9.61 Å². The molecule has 0 amide bonds. The Balaban J connectivity index is 2.27. The first kappa shape index (κ1) is 16.9. The monoisotopic (exact) mass is 329 g/mol. The van der Waals surface area contributed by atoms with Crippen LogP contribution in [0.2, 0.25) is 0 Å². The highest BCUT2D eigenvalue weighted by Crippen LogP contribution is 2.50. The molecule has 0 aliphatic heterocycles. The summed E-state index contributed by atoms with van der Waals surface area (Å²) in [5.41, 5.74) is 0.655. The molecule has 0 aliphatic rings. The molecule has 23 heavy (non-hydrogen) atoms. The van der Waals surface area contributed by atoms with Crippen molar-refractivity contribution in [2.45, 2.75) is 13.8 Å². The van der Waals surface area contributed by atoms with Crippen LogP contribution in [0.25, 0.3) is 0 Å². The van der Waals surface area contributed by atoms with Crippen LogP contribution in [0.1, 0.15) is 13.8 Å². The van der Waals surface area contributed by atoms with Gasteiger partial charge in [-0.05, 0) is 50.3 Å². The third-order valence-corrected chi connectivity index (χ3v) is 4.28. The van der Waals surface area contributed by atoms with E-state index in [4.69, 9.17) is 9.05 Å². The third-order valence-electron chi connectivity index (χ3n) is 2.85. The lowest BCUT2D eigenvalue weighted by molar-refractivity contribution is 0.344. The number of para-hydroxylation sites is 2. The predicted octanol–water partition coefficient (Wildman–Crippen LogP) is 5.78. The maximum absolute atomic E-state index is 13.2. The minimum Gasteiger partial charge on any atom is -0.401 e. The molecule has 0 radical (unpaired) electrons. The molecule has 0 aromatic heterocycles. The fraction of sp³-hybridized carbons (Fsp3) is 0.111. The van der Waals surface area contributed by atoms with Crippen LogP contribution in [-0.2, 0) is 9.09 Å². The minimum absolute atomic E-state index is 0.468. The van der Waals surface area contributed by atoms with Gasteiger partial charge in [-0.15, -0.1) is 0 Å². The number of hydrogen-bond donors (Lipinski definition) is 1. The molecule has 0 aliphatic carbocycles.